The molecule has 0 bridgehead atoms. The molecule has 118 valence electrons. The summed E-state index contributed by atoms with van der Waals surface area (Å²) in [5, 5.41) is 5.50. The fraction of sp³-hybridized carbons (Fsp3) is 0.353. The number of aryl methyl sites for hydroxylation is 2. The molecule has 4 rings (SSSR count). The van der Waals surface area contributed by atoms with E-state index in [9.17, 15) is 0 Å². The van der Waals surface area contributed by atoms with Crippen molar-refractivity contribution in [1.29, 1.82) is 0 Å². The highest BCUT2D eigenvalue weighted by Crippen LogP contribution is 2.27. The molecule has 1 aliphatic carbocycles. The summed E-state index contributed by atoms with van der Waals surface area (Å²) >= 11 is 3.31. The molecule has 0 spiro atoms. The van der Waals surface area contributed by atoms with Crippen LogP contribution in [0.2, 0.25) is 0 Å². The summed E-state index contributed by atoms with van der Waals surface area (Å²) in [6.45, 7) is 0.857. The second-order valence-electron chi connectivity index (χ2n) is 5.65. The predicted molar refractivity (Wildman–Crippen MR) is 96.3 cm³/mol. The third-order valence-corrected chi connectivity index (χ3v) is 5.85. The maximum absolute atomic E-state index is 4.78. The molecular formula is C17H18N4S2. The van der Waals surface area contributed by atoms with E-state index in [-0.39, 0.29) is 0 Å². The number of benzene rings is 1. The topological polar surface area (TPSA) is 50.7 Å². The quantitative estimate of drug-likeness (QED) is 0.755. The third kappa shape index (κ3) is 3.43. The zero-order valence-electron chi connectivity index (χ0n) is 12.8. The molecule has 23 heavy (non-hydrogen) atoms. The van der Waals surface area contributed by atoms with Crippen molar-refractivity contribution in [1.82, 2.24) is 14.3 Å². The molecule has 0 amide bonds. The van der Waals surface area contributed by atoms with Crippen LogP contribution in [0.25, 0.3) is 11.4 Å². The molecule has 4 nitrogen and oxygen atoms in total. The molecule has 0 saturated carbocycles. The Labute approximate surface area is 143 Å². The van der Waals surface area contributed by atoms with E-state index >= 15 is 0 Å². The summed E-state index contributed by atoms with van der Waals surface area (Å²) in [5.41, 5.74) is 2.41. The van der Waals surface area contributed by atoms with Gasteiger partial charge in [0.2, 0.25) is 5.13 Å². The summed E-state index contributed by atoms with van der Waals surface area (Å²) in [5.74, 6) is 0.794. The molecule has 0 aliphatic heterocycles. The van der Waals surface area contributed by atoms with Gasteiger partial charge in [0.05, 0.1) is 10.7 Å². The Kier molecular flexibility index (Phi) is 4.35. The van der Waals surface area contributed by atoms with Crippen LogP contribution in [-0.4, -0.2) is 20.9 Å². The molecule has 0 fully saturated rings. The van der Waals surface area contributed by atoms with Gasteiger partial charge in [-0.05, 0) is 25.7 Å². The first kappa shape index (κ1) is 14.8. The number of nitrogens with one attached hydrogen (secondary N) is 1. The number of thiazole rings is 1. The fourth-order valence-electron chi connectivity index (χ4n) is 2.79. The molecule has 1 aliphatic rings. The van der Waals surface area contributed by atoms with Crippen molar-refractivity contribution < 1.29 is 0 Å². The summed E-state index contributed by atoms with van der Waals surface area (Å²) < 4.78 is 4.42. The maximum Gasteiger partial charge on any atom is 0.202 e. The number of rotatable bonds is 5. The van der Waals surface area contributed by atoms with Crippen LogP contribution in [0.3, 0.4) is 0 Å². The van der Waals surface area contributed by atoms with Crippen LogP contribution in [0.1, 0.15) is 28.4 Å². The van der Waals surface area contributed by atoms with E-state index in [0.29, 0.717) is 0 Å². The summed E-state index contributed by atoms with van der Waals surface area (Å²) in [6.07, 6.45) is 5.95. The van der Waals surface area contributed by atoms with Crippen LogP contribution >= 0.6 is 22.9 Å². The predicted octanol–water partition coefficient (Wildman–Crippen LogP) is 4.20. The van der Waals surface area contributed by atoms with Crippen LogP contribution < -0.4 is 5.32 Å². The van der Waals surface area contributed by atoms with Crippen LogP contribution in [0.5, 0.6) is 0 Å². The van der Waals surface area contributed by atoms with Gasteiger partial charge in [0.15, 0.2) is 5.82 Å². The highest BCUT2D eigenvalue weighted by atomic mass is 32.1. The second-order valence-corrected chi connectivity index (χ2v) is 7.57. The number of anilines is 1. The van der Waals surface area contributed by atoms with Gasteiger partial charge in [-0.25, -0.2) is 4.98 Å². The standard InChI is InChI=1S/C17H18N4S2/c1-2-6-12(7-3-1)16-20-17(23-21-16)18-11-10-15-19-13-8-4-5-9-14(13)22-15/h1-3,6-7H,4-5,8-11H2,(H,18,20,21). The lowest BCUT2D eigenvalue weighted by molar-refractivity contribution is 0.680. The highest BCUT2D eigenvalue weighted by Gasteiger charge is 2.14. The first-order valence-corrected chi connectivity index (χ1v) is 9.58. The third-order valence-electron chi connectivity index (χ3n) is 3.96. The normalized spacial score (nSPS) is 13.7. The first-order valence-electron chi connectivity index (χ1n) is 7.99. The van der Waals surface area contributed by atoms with Gasteiger partial charge in [0.25, 0.3) is 0 Å². The van der Waals surface area contributed by atoms with E-state index in [1.165, 1.54) is 46.4 Å². The van der Waals surface area contributed by atoms with Crippen molar-refractivity contribution in [3.8, 4) is 11.4 Å². The largest absolute Gasteiger partial charge is 0.360 e. The van der Waals surface area contributed by atoms with E-state index in [4.69, 9.17) is 4.98 Å². The Hall–Kier alpha value is -1.79. The number of fused-ring (bicyclic) bond motifs is 1. The van der Waals surface area contributed by atoms with Gasteiger partial charge in [-0.2, -0.15) is 9.36 Å². The molecule has 3 aromatic rings. The molecule has 0 atom stereocenters. The first-order chi connectivity index (χ1) is 11.4. The molecular weight excluding hydrogens is 324 g/mol. The zero-order chi connectivity index (χ0) is 15.5. The molecule has 2 aromatic heterocycles. The monoisotopic (exact) mass is 342 g/mol. The van der Waals surface area contributed by atoms with Gasteiger partial charge in [-0.3, -0.25) is 0 Å². The van der Waals surface area contributed by atoms with Crippen molar-refractivity contribution in [3.63, 3.8) is 0 Å². The highest BCUT2D eigenvalue weighted by molar-refractivity contribution is 7.11. The van der Waals surface area contributed by atoms with Crippen LogP contribution in [0.4, 0.5) is 5.13 Å². The SMILES string of the molecule is c1ccc(-c2nsc(NCCc3nc4c(s3)CCCC4)n2)cc1. The minimum absolute atomic E-state index is 0.794. The molecule has 6 heteroatoms. The van der Waals surface area contributed by atoms with Crippen molar-refractivity contribution in [2.75, 3.05) is 11.9 Å². The summed E-state index contributed by atoms with van der Waals surface area (Å²) in [4.78, 5) is 10.8. The van der Waals surface area contributed by atoms with E-state index in [1.54, 1.807) is 0 Å². The van der Waals surface area contributed by atoms with Gasteiger partial charge < -0.3 is 5.32 Å². The Balaban J connectivity index is 1.35. The Morgan fingerprint density at radius 3 is 2.78 bits per heavy atom. The Morgan fingerprint density at radius 2 is 1.91 bits per heavy atom. The molecule has 0 unspecified atom stereocenters. The van der Waals surface area contributed by atoms with Gasteiger partial charge in [-0.15, -0.1) is 11.3 Å². The van der Waals surface area contributed by atoms with Crippen LogP contribution in [-0.2, 0) is 19.3 Å². The Morgan fingerprint density at radius 1 is 1.04 bits per heavy atom. The van der Waals surface area contributed by atoms with Crippen molar-refractivity contribution in [3.05, 3.63) is 45.9 Å². The number of hydrogen-bond acceptors (Lipinski definition) is 6. The lowest BCUT2D eigenvalue weighted by Crippen LogP contribution is -2.04. The molecule has 1 aromatic carbocycles. The van der Waals surface area contributed by atoms with Gasteiger partial charge in [0, 0.05) is 34.9 Å². The van der Waals surface area contributed by atoms with Gasteiger partial charge in [0.1, 0.15) is 0 Å². The lowest BCUT2D eigenvalue weighted by Gasteiger charge is -2.06. The van der Waals surface area contributed by atoms with Crippen LogP contribution in [0.15, 0.2) is 30.3 Å². The van der Waals surface area contributed by atoms with Crippen LogP contribution in [0, 0.1) is 0 Å². The average Bonchev–Trinajstić information content (AvgIpc) is 3.22. The van der Waals surface area contributed by atoms with Crippen molar-refractivity contribution in [2.45, 2.75) is 32.1 Å². The van der Waals surface area contributed by atoms with Gasteiger partial charge in [-0.1, -0.05) is 30.3 Å². The van der Waals surface area contributed by atoms with E-state index in [0.717, 1.165) is 35.9 Å². The van der Waals surface area contributed by atoms with E-state index in [1.807, 2.05) is 41.7 Å². The number of nitrogens with zero attached hydrogens (tertiary/aromatic N) is 3. The van der Waals surface area contributed by atoms with E-state index in [2.05, 4.69) is 14.7 Å². The van der Waals surface area contributed by atoms with Crippen molar-refractivity contribution >= 4 is 28.0 Å². The average molecular weight is 342 g/mol. The summed E-state index contributed by atoms with van der Waals surface area (Å²) in [6, 6.07) is 10.1. The molecule has 0 radical (unpaired) electrons. The van der Waals surface area contributed by atoms with E-state index < -0.39 is 0 Å². The molecule has 0 saturated heterocycles. The van der Waals surface area contributed by atoms with Crippen molar-refractivity contribution in [2.24, 2.45) is 0 Å². The smallest absolute Gasteiger partial charge is 0.202 e. The molecule has 2 heterocycles. The summed E-state index contributed by atoms with van der Waals surface area (Å²) in [7, 11) is 0. The Bertz CT molecular complexity index is 756. The minimum Gasteiger partial charge on any atom is -0.360 e. The number of aromatic nitrogens is 3. The van der Waals surface area contributed by atoms with Gasteiger partial charge >= 0.3 is 0 Å². The lowest BCUT2D eigenvalue weighted by atomic mass is 10.0. The zero-order valence-corrected chi connectivity index (χ0v) is 14.4. The maximum atomic E-state index is 4.78. The fourth-order valence-corrected chi connectivity index (χ4v) is 4.56. The second kappa shape index (κ2) is 6.76. The minimum atomic E-state index is 0.794. The molecule has 1 N–H and O–H groups in total. The number of hydrogen-bond donors (Lipinski definition) is 1.